The van der Waals surface area contributed by atoms with E-state index < -0.39 is 41.1 Å². The first kappa shape index (κ1) is 19.4. The van der Waals surface area contributed by atoms with Crippen LogP contribution in [0.15, 0.2) is 23.6 Å². The minimum atomic E-state index is -4.65. The van der Waals surface area contributed by atoms with E-state index in [1.807, 2.05) is 0 Å². The molecule has 2 atom stereocenters. The summed E-state index contributed by atoms with van der Waals surface area (Å²) in [6.07, 6.45) is -6.59. The zero-order chi connectivity index (χ0) is 19.8. The topological polar surface area (TPSA) is 80.3 Å². The fourth-order valence-electron chi connectivity index (χ4n) is 2.34. The summed E-state index contributed by atoms with van der Waals surface area (Å²) in [5.41, 5.74) is 0.103. The number of alkyl halides is 3. The Balaban J connectivity index is 1.93. The average molecular weight is 424 g/mol. The molecule has 3 rings (SSSR count). The number of nitrogens with one attached hydrogen (secondary N) is 2. The van der Waals surface area contributed by atoms with Crippen LogP contribution < -0.4 is 10.6 Å². The third-order valence-electron chi connectivity index (χ3n) is 3.60. The molecule has 1 saturated heterocycles. The van der Waals surface area contributed by atoms with E-state index in [2.05, 4.69) is 15.6 Å². The van der Waals surface area contributed by atoms with Crippen molar-refractivity contribution in [1.82, 2.24) is 15.6 Å². The van der Waals surface area contributed by atoms with E-state index in [-0.39, 0.29) is 22.8 Å². The number of halogens is 5. The lowest BCUT2D eigenvalue weighted by molar-refractivity contribution is -0.137. The number of cyclic esters (lactones) is 1. The van der Waals surface area contributed by atoms with Gasteiger partial charge in [0, 0.05) is 5.38 Å². The van der Waals surface area contributed by atoms with E-state index in [9.17, 15) is 27.2 Å². The fraction of sp³-hybridized carbons (Fsp3) is 0.267. The molecule has 0 radical (unpaired) electrons. The van der Waals surface area contributed by atoms with Gasteiger partial charge in [-0.05, 0) is 17.7 Å². The smallest absolute Gasteiger partial charge is 0.434 e. The molecule has 1 fully saturated rings. The first-order chi connectivity index (χ1) is 12.6. The zero-order valence-electron chi connectivity index (χ0n) is 13.1. The second kappa shape index (κ2) is 7.31. The van der Waals surface area contributed by atoms with Gasteiger partial charge in [0.25, 0.3) is 5.91 Å². The van der Waals surface area contributed by atoms with Crippen LogP contribution in [-0.4, -0.2) is 29.6 Å². The number of hydrogen-bond acceptors (Lipinski definition) is 5. The number of carbonyl (C=O) groups is 2. The lowest BCUT2D eigenvalue weighted by Gasteiger charge is -2.19. The molecule has 2 aromatic rings. The highest BCUT2D eigenvalue weighted by Gasteiger charge is 2.37. The minimum absolute atomic E-state index is 0.0908. The molecule has 1 aromatic heterocycles. The average Bonchev–Trinajstić information content (AvgIpc) is 3.24. The van der Waals surface area contributed by atoms with Crippen LogP contribution in [0.2, 0.25) is 5.02 Å². The number of alkyl carbamates (subject to hydrolysis) is 1. The van der Waals surface area contributed by atoms with Crippen molar-refractivity contribution in [3.63, 3.8) is 0 Å². The van der Waals surface area contributed by atoms with Gasteiger partial charge in [-0.2, -0.15) is 13.2 Å². The number of hydrogen-bond donors (Lipinski definition) is 2. The number of nitrogens with zero attached hydrogens (tertiary/aromatic N) is 1. The summed E-state index contributed by atoms with van der Waals surface area (Å²) in [6.45, 7) is -0.0908. The highest BCUT2D eigenvalue weighted by molar-refractivity contribution is 7.09. The van der Waals surface area contributed by atoms with Crippen LogP contribution >= 0.6 is 22.9 Å². The molecule has 6 nitrogen and oxygen atoms in total. The van der Waals surface area contributed by atoms with E-state index in [1.165, 1.54) is 12.1 Å². The molecule has 2 amide bonds. The third-order valence-corrected chi connectivity index (χ3v) is 4.79. The summed E-state index contributed by atoms with van der Waals surface area (Å²) in [7, 11) is 0. The Morgan fingerprint density at radius 3 is 2.74 bits per heavy atom. The van der Waals surface area contributed by atoms with Gasteiger partial charge in [-0.1, -0.05) is 17.7 Å². The van der Waals surface area contributed by atoms with Crippen molar-refractivity contribution in [2.45, 2.75) is 18.3 Å². The van der Waals surface area contributed by atoms with Crippen LogP contribution in [-0.2, 0) is 15.7 Å². The molecular weight excluding hydrogens is 414 g/mol. The van der Waals surface area contributed by atoms with Gasteiger partial charge in [-0.3, -0.25) is 4.79 Å². The van der Waals surface area contributed by atoms with Crippen molar-refractivity contribution in [2.75, 3.05) is 6.54 Å². The summed E-state index contributed by atoms with van der Waals surface area (Å²) in [4.78, 5) is 26.9. The Kier molecular flexibility index (Phi) is 5.24. The Morgan fingerprint density at radius 2 is 2.19 bits per heavy atom. The molecule has 0 spiro atoms. The van der Waals surface area contributed by atoms with Gasteiger partial charge in [0.2, 0.25) is 0 Å². The molecule has 2 N–H and O–H groups in total. The van der Waals surface area contributed by atoms with Crippen LogP contribution in [0.3, 0.4) is 0 Å². The van der Waals surface area contributed by atoms with E-state index in [0.29, 0.717) is 11.3 Å². The highest BCUT2D eigenvalue weighted by atomic mass is 35.5. The van der Waals surface area contributed by atoms with E-state index >= 15 is 0 Å². The minimum Gasteiger partial charge on any atom is -0.434 e. The number of ether oxygens (including phenoxy) is 1. The van der Waals surface area contributed by atoms with Gasteiger partial charge in [0.05, 0.1) is 23.3 Å². The summed E-state index contributed by atoms with van der Waals surface area (Å²) >= 11 is 6.10. The number of aromatic nitrogens is 1. The van der Waals surface area contributed by atoms with Crippen molar-refractivity contribution in [1.29, 1.82) is 0 Å². The van der Waals surface area contributed by atoms with Crippen molar-refractivity contribution in [3.05, 3.63) is 50.7 Å². The molecule has 1 aromatic carbocycles. The number of amides is 2. The summed E-state index contributed by atoms with van der Waals surface area (Å²) in [5.74, 6) is -1.48. The first-order valence-corrected chi connectivity index (χ1v) is 8.63. The van der Waals surface area contributed by atoms with Gasteiger partial charge < -0.3 is 15.4 Å². The Bertz CT molecular complexity index is 889. The molecule has 2 heterocycles. The Morgan fingerprint density at radius 1 is 1.44 bits per heavy atom. The van der Waals surface area contributed by atoms with E-state index in [1.54, 1.807) is 0 Å². The van der Waals surface area contributed by atoms with Crippen LogP contribution in [0, 0.1) is 5.82 Å². The molecular formula is C15H10ClF4N3O3S. The first-order valence-electron chi connectivity index (χ1n) is 7.37. The van der Waals surface area contributed by atoms with Crippen molar-refractivity contribution < 1.29 is 31.9 Å². The molecule has 27 heavy (non-hydrogen) atoms. The number of benzene rings is 1. The largest absolute Gasteiger partial charge is 0.443 e. The number of rotatable bonds is 4. The normalized spacial score (nSPS) is 18.0. The standard InChI is InChI=1S/C15H10ClF4N3O3S/c16-7-3-6(1-2-8(7)17)11(9-5-27-13(22-9)15(18,19)20)23-12(24)10-4-21-14(25)26-10/h1-3,5,10-11H,4H2,(H,21,25)(H,23,24)/t10?,11-/m1/s1. The number of thiazole rings is 1. The van der Waals surface area contributed by atoms with Crippen LogP contribution in [0.1, 0.15) is 22.3 Å². The molecule has 144 valence electrons. The van der Waals surface area contributed by atoms with Crippen molar-refractivity contribution >= 4 is 34.9 Å². The van der Waals surface area contributed by atoms with Gasteiger partial charge in [0.1, 0.15) is 5.82 Å². The van der Waals surface area contributed by atoms with E-state index in [4.69, 9.17) is 16.3 Å². The Labute approximate surface area is 158 Å². The summed E-state index contributed by atoms with van der Waals surface area (Å²) in [6, 6.07) is 2.30. The fourth-order valence-corrected chi connectivity index (χ4v) is 3.24. The maximum absolute atomic E-state index is 13.4. The predicted octanol–water partition coefficient (Wildman–Crippen LogP) is 3.27. The van der Waals surface area contributed by atoms with Crippen LogP contribution in [0.4, 0.5) is 22.4 Å². The molecule has 1 unspecified atom stereocenters. The molecule has 0 bridgehead atoms. The van der Waals surface area contributed by atoms with Crippen LogP contribution in [0.5, 0.6) is 0 Å². The second-order valence-corrected chi connectivity index (χ2v) is 6.73. The molecule has 1 aliphatic heterocycles. The zero-order valence-corrected chi connectivity index (χ0v) is 14.7. The molecule has 12 heteroatoms. The number of carbonyl (C=O) groups excluding carboxylic acids is 2. The van der Waals surface area contributed by atoms with Crippen LogP contribution in [0.25, 0.3) is 0 Å². The highest BCUT2D eigenvalue weighted by Crippen LogP contribution is 2.34. The van der Waals surface area contributed by atoms with Crippen molar-refractivity contribution in [3.8, 4) is 0 Å². The maximum atomic E-state index is 13.4. The predicted molar refractivity (Wildman–Crippen MR) is 86.8 cm³/mol. The van der Waals surface area contributed by atoms with Gasteiger partial charge in [-0.15, -0.1) is 11.3 Å². The van der Waals surface area contributed by atoms with Crippen molar-refractivity contribution in [2.24, 2.45) is 0 Å². The van der Waals surface area contributed by atoms with Gasteiger partial charge in [0.15, 0.2) is 11.1 Å². The third kappa shape index (κ3) is 4.30. The van der Waals surface area contributed by atoms with Gasteiger partial charge >= 0.3 is 12.3 Å². The maximum Gasteiger partial charge on any atom is 0.443 e. The Hall–Kier alpha value is -2.40. The SMILES string of the molecule is O=C1NCC(C(=O)N[C@H](c2ccc(F)c(Cl)c2)c2csc(C(F)(F)F)n2)O1. The lowest BCUT2D eigenvalue weighted by atomic mass is 10.0. The summed E-state index contributed by atoms with van der Waals surface area (Å²) in [5, 5.41) is 4.51. The second-order valence-electron chi connectivity index (χ2n) is 5.47. The van der Waals surface area contributed by atoms with E-state index in [0.717, 1.165) is 11.4 Å². The molecule has 0 aliphatic carbocycles. The summed E-state index contributed by atoms with van der Waals surface area (Å²) < 4.78 is 56.8. The quantitative estimate of drug-likeness (QED) is 0.740. The van der Waals surface area contributed by atoms with Gasteiger partial charge in [-0.25, -0.2) is 14.2 Å². The molecule has 1 aliphatic rings. The monoisotopic (exact) mass is 423 g/mol. The molecule has 0 saturated carbocycles. The lowest BCUT2D eigenvalue weighted by Crippen LogP contribution is -2.39.